The van der Waals surface area contributed by atoms with Crippen molar-refractivity contribution in [1.82, 2.24) is 10.2 Å². The van der Waals surface area contributed by atoms with Crippen LogP contribution < -0.4 is 11.1 Å². The molecule has 0 spiro atoms. The van der Waals surface area contributed by atoms with Crippen LogP contribution in [0.25, 0.3) is 0 Å². The number of amides is 1. The van der Waals surface area contributed by atoms with Crippen molar-refractivity contribution in [2.24, 2.45) is 5.73 Å². The molecule has 1 amide bonds. The minimum atomic E-state index is -0.332. The molecule has 0 radical (unpaired) electrons. The summed E-state index contributed by atoms with van der Waals surface area (Å²) in [5.41, 5.74) is 8.71. The first-order chi connectivity index (χ1) is 13.2. The molecule has 2 aromatic carbocycles. The molecule has 142 valence electrons. The highest BCUT2D eigenvalue weighted by Crippen LogP contribution is 2.42. The summed E-state index contributed by atoms with van der Waals surface area (Å²) in [6.07, 6.45) is 4.99. The molecule has 0 aliphatic carbocycles. The Kier molecular flexibility index (Phi) is 5.55. The maximum absolute atomic E-state index is 11.5. The maximum Gasteiger partial charge on any atom is 0.248 e. The van der Waals surface area contributed by atoms with Gasteiger partial charge in [-0.2, -0.15) is 0 Å². The minimum absolute atomic E-state index is 0.332. The molecule has 1 unspecified atom stereocenters. The van der Waals surface area contributed by atoms with Crippen LogP contribution in [0.2, 0.25) is 0 Å². The number of nitrogens with one attached hydrogen (secondary N) is 1. The third-order valence-electron chi connectivity index (χ3n) is 6.25. The van der Waals surface area contributed by atoms with Crippen LogP contribution in [0.3, 0.4) is 0 Å². The second-order valence-corrected chi connectivity index (χ2v) is 7.94. The van der Waals surface area contributed by atoms with E-state index in [-0.39, 0.29) is 5.91 Å². The van der Waals surface area contributed by atoms with E-state index in [9.17, 15) is 4.79 Å². The molecule has 3 atom stereocenters. The van der Waals surface area contributed by atoms with E-state index in [1.54, 1.807) is 0 Å². The van der Waals surface area contributed by atoms with E-state index in [0.717, 1.165) is 19.6 Å². The van der Waals surface area contributed by atoms with Crippen LogP contribution in [-0.2, 0) is 6.54 Å². The largest absolute Gasteiger partial charge is 0.366 e. The van der Waals surface area contributed by atoms with Gasteiger partial charge in [0, 0.05) is 37.3 Å². The zero-order chi connectivity index (χ0) is 18.6. The van der Waals surface area contributed by atoms with Crippen LogP contribution in [0.4, 0.5) is 0 Å². The number of fused-ring (bicyclic) bond motifs is 2. The smallest absolute Gasteiger partial charge is 0.248 e. The van der Waals surface area contributed by atoms with Crippen molar-refractivity contribution in [3.05, 3.63) is 71.3 Å². The first kappa shape index (κ1) is 18.2. The third-order valence-corrected chi connectivity index (χ3v) is 6.25. The van der Waals surface area contributed by atoms with Gasteiger partial charge >= 0.3 is 0 Å². The van der Waals surface area contributed by atoms with Gasteiger partial charge in [-0.1, -0.05) is 42.5 Å². The Bertz CT molecular complexity index is 762. The molecule has 27 heavy (non-hydrogen) atoms. The van der Waals surface area contributed by atoms with Gasteiger partial charge < -0.3 is 11.1 Å². The Morgan fingerprint density at radius 2 is 1.78 bits per heavy atom. The van der Waals surface area contributed by atoms with Crippen molar-refractivity contribution in [3.8, 4) is 0 Å². The lowest BCUT2D eigenvalue weighted by Gasteiger charge is -2.39. The number of piperidine rings is 1. The highest BCUT2D eigenvalue weighted by atomic mass is 16.1. The number of benzene rings is 2. The average Bonchev–Trinajstić information content (AvgIpc) is 2.93. The van der Waals surface area contributed by atoms with Gasteiger partial charge in [-0.05, 0) is 54.9 Å². The number of carbonyl (C=O) groups is 1. The number of hydrogen-bond donors (Lipinski definition) is 2. The van der Waals surface area contributed by atoms with E-state index in [4.69, 9.17) is 5.73 Å². The molecule has 2 fully saturated rings. The quantitative estimate of drug-likeness (QED) is 0.742. The number of primary amides is 1. The molecular weight excluding hydrogens is 334 g/mol. The van der Waals surface area contributed by atoms with Gasteiger partial charge in [-0.3, -0.25) is 9.69 Å². The lowest BCUT2D eigenvalue weighted by Crippen LogP contribution is -2.45. The monoisotopic (exact) mass is 363 g/mol. The number of carbonyl (C=O) groups excluding carboxylic acids is 1. The molecule has 4 rings (SSSR count). The normalized spacial score (nSPS) is 24.8. The minimum Gasteiger partial charge on any atom is -0.366 e. The highest BCUT2D eigenvalue weighted by Gasteiger charge is 2.40. The summed E-state index contributed by atoms with van der Waals surface area (Å²) in [5, 5.41) is 3.59. The van der Waals surface area contributed by atoms with Crippen molar-refractivity contribution < 1.29 is 4.79 Å². The summed E-state index contributed by atoms with van der Waals surface area (Å²) < 4.78 is 0. The van der Waals surface area contributed by atoms with Crippen LogP contribution in [0.15, 0.2) is 54.6 Å². The maximum atomic E-state index is 11.5. The fraction of sp³-hybridized carbons (Fsp3) is 0.435. The molecule has 2 aromatic rings. The molecule has 2 bridgehead atoms. The van der Waals surface area contributed by atoms with Crippen LogP contribution in [0.5, 0.6) is 0 Å². The lowest BCUT2D eigenvalue weighted by atomic mass is 9.84. The molecule has 4 heteroatoms. The second kappa shape index (κ2) is 8.24. The Morgan fingerprint density at radius 1 is 1.04 bits per heavy atom. The summed E-state index contributed by atoms with van der Waals surface area (Å²) in [5.74, 6) is 0.220. The molecule has 0 aromatic heterocycles. The van der Waals surface area contributed by atoms with Gasteiger partial charge in [-0.15, -0.1) is 0 Å². The Hall–Kier alpha value is -2.17. The van der Waals surface area contributed by atoms with Crippen molar-refractivity contribution >= 4 is 5.91 Å². The van der Waals surface area contributed by atoms with Gasteiger partial charge in [0.25, 0.3) is 0 Å². The fourth-order valence-corrected chi connectivity index (χ4v) is 4.89. The van der Waals surface area contributed by atoms with E-state index in [2.05, 4.69) is 46.6 Å². The third kappa shape index (κ3) is 4.23. The summed E-state index contributed by atoms with van der Waals surface area (Å²) in [6, 6.07) is 19.9. The van der Waals surface area contributed by atoms with Crippen LogP contribution in [0.1, 0.15) is 53.1 Å². The summed E-state index contributed by atoms with van der Waals surface area (Å²) in [6.45, 7) is 3.09. The summed E-state index contributed by atoms with van der Waals surface area (Å²) in [4.78, 5) is 14.2. The SMILES string of the molecule is NC(=O)c1cccc(C2C[C@H]3CC[C@@H](C2)N3CCNCc2ccccc2)c1. The predicted molar refractivity (Wildman–Crippen MR) is 109 cm³/mol. The first-order valence-electron chi connectivity index (χ1n) is 10.1. The predicted octanol–water partition coefficient (Wildman–Crippen LogP) is 3.29. The van der Waals surface area contributed by atoms with Crippen LogP contribution in [-0.4, -0.2) is 36.0 Å². The Labute approximate surface area is 161 Å². The molecule has 2 saturated heterocycles. The fourth-order valence-electron chi connectivity index (χ4n) is 4.89. The summed E-state index contributed by atoms with van der Waals surface area (Å²) >= 11 is 0. The van der Waals surface area contributed by atoms with Gasteiger partial charge in [0.15, 0.2) is 0 Å². The number of nitrogens with two attached hydrogens (primary N) is 1. The molecule has 4 nitrogen and oxygen atoms in total. The van der Waals surface area contributed by atoms with E-state index in [1.165, 1.54) is 36.8 Å². The number of rotatable bonds is 7. The Morgan fingerprint density at radius 3 is 2.48 bits per heavy atom. The lowest BCUT2D eigenvalue weighted by molar-refractivity contribution is 0.1000. The van der Waals surface area contributed by atoms with Crippen LogP contribution >= 0.6 is 0 Å². The van der Waals surface area contributed by atoms with Crippen molar-refractivity contribution in [2.75, 3.05) is 13.1 Å². The van der Waals surface area contributed by atoms with E-state index in [0.29, 0.717) is 23.6 Å². The van der Waals surface area contributed by atoms with Crippen molar-refractivity contribution in [2.45, 2.75) is 50.2 Å². The molecule has 3 N–H and O–H groups in total. The number of nitrogens with zero attached hydrogens (tertiary/aromatic N) is 1. The van der Waals surface area contributed by atoms with Gasteiger partial charge in [0.2, 0.25) is 5.91 Å². The molecule has 0 saturated carbocycles. The molecule has 2 heterocycles. The first-order valence-corrected chi connectivity index (χ1v) is 10.1. The molecular formula is C23H29N3O. The number of hydrogen-bond acceptors (Lipinski definition) is 3. The average molecular weight is 364 g/mol. The van der Waals surface area contributed by atoms with E-state index >= 15 is 0 Å². The molecule has 2 aliphatic rings. The zero-order valence-electron chi connectivity index (χ0n) is 15.8. The highest BCUT2D eigenvalue weighted by molar-refractivity contribution is 5.92. The van der Waals surface area contributed by atoms with E-state index in [1.807, 2.05) is 18.2 Å². The molecule has 2 aliphatic heterocycles. The van der Waals surface area contributed by atoms with Crippen molar-refractivity contribution in [3.63, 3.8) is 0 Å². The topological polar surface area (TPSA) is 58.4 Å². The second-order valence-electron chi connectivity index (χ2n) is 7.94. The Balaban J connectivity index is 1.31. The van der Waals surface area contributed by atoms with Gasteiger partial charge in [0.05, 0.1) is 0 Å². The van der Waals surface area contributed by atoms with Gasteiger partial charge in [0.1, 0.15) is 0 Å². The zero-order valence-corrected chi connectivity index (χ0v) is 15.8. The van der Waals surface area contributed by atoms with Gasteiger partial charge in [-0.25, -0.2) is 0 Å². The van der Waals surface area contributed by atoms with E-state index < -0.39 is 0 Å². The standard InChI is InChI=1S/C23H29N3O/c24-23(27)19-8-4-7-18(13-19)20-14-21-9-10-22(15-20)26(21)12-11-25-16-17-5-2-1-3-6-17/h1-8,13,20-22,25H,9-12,14-16H2,(H2,24,27)/t20?,21-,22+. The van der Waals surface area contributed by atoms with Crippen molar-refractivity contribution in [1.29, 1.82) is 0 Å². The summed E-state index contributed by atoms with van der Waals surface area (Å²) in [7, 11) is 0. The van der Waals surface area contributed by atoms with Crippen LogP contribution in [0, 0.1) is 0 Å².